The zero-order valence-electron chi connectivity index (χ0n) is 12.2. The smallest absolute Gasteiger partial charge is 0.289 e. The average Bonchev–Trinajstić information content (AvgIpc) is 2.36. The maximum absolute atomic E-state index is 14.0. The maximum atomic E-state index is 14.0. The van der Waals surface area contributed by atoms with Gasteiger partial charge in [-0.05, 0) is 30.2 Å². The molecule has 1 aliphatic rings. The van der Waals surface area contributed by atoms with Crippen molar-refractivity contribution >= 4 is 11.3 Å². The van der Waals surface area contributed by atoms with E-state index in [0.29, 0.717) is 24.3 Å². The van der Waals surface area contributed by atoms with Gasteiger partial charge in [-0.15, -0.1) is 0 Å². The Morgan fingerprint density at radius 3 is 2.33 bits per heavy atom. The van der Waals surface area contributed by atoms with Gasteiger partial charge in [0.05, 0.1) is 5.56 Å². The Bertz CT molecular complexity index is 604. The molecule has 0 bridgehead atoms. The minimum absolute atomic E-state index is 0.282. The molecule has 1 nitrogen and oxygen atoms in total. The van der Waals surface area contributed by atoms with Gasteiger partial charge in [0, 0.05) is 23.2 Å². The zero-order valence-corrected chi connectivity index (χ0v) is 12.2. The summed E-state index contributed by atoms with van der Waals surface area (Å²) in [5.41, 5.74) is -0.499. The van der Waals surface area contributed by atoms with Crippen molar-refractivity contribution < 1.29 is 17.6 Å². The quantitative estimate of drug-likeness (QED) is 0.638. The zero-order chi connectivity index (χ0) is 15.8. The van der Waals surface area contributed by atoms with Gasteiger partial charge >= 0.3 is 6.18 Å². The van der Waals surface area contributed by atoms with Gasteiger partial charge in [0.2, 0.25) is 0 Å². The summed E-state index contributed by atoms with van der Waals surface area (Å²) < 4.78 is 53.3. The molecule has 0 saturated heterocycles. The number of alkyl halides is 3. The standard InChI is InChI=1S/C16H17F4N/c1-15(2,3)13-9-10(7-8-21-13)14-11(16(18,19)20)5-4-6-12(14)17/h4-6,9H,7-8H2,1-3H3. The number of hydrogen-bond acceptors (Lipinski definition) is 1. The van der Waals surface area contributed by atoms with Crippen LogP contribution in [0.1, 0.15) is 38.3 Å². The third kappa shape index (κ3) is 3.34. The van der Waals surface area contributed by atoms with E-state index in [-0.39, 0.29) is 11.0 Å². The summed E-state index contributed by atoms with van der Waals surface area (Å²) in [6, 6.07) is 3.07. The molecule has 0 saturated carbocycles. The van der Waals surface area contributed by atoms with Crippen LogP contribution >= 0.6 is 0 Å². The Morgan fingerprint density at radius 1 is 1.10 bits per heavy atom. The van der Waals surface area contributed by atoms with Gasteiger partial charge in [0.15, 0.2) is 0 Å². The van der Waals surface area contributed by atoms with Crippen LogP contribution in [0.2, 0.25) is 0 Å². The van der Waals surface area contributed by atoms with E-state index in [1.807, 2.05) is 20.8 Å². The summed E-state index contributed by atoms with van der Waals surface area (Å²) in [6.45, 7) is 6.16. The van der Waals surface area contributed by atoms with E-state index in [1.54, 1.807) is 6.08 Å². The third-order valence-corrected chi connectivity index (χ3v) is 3.38. The van der Waals surface area contributed by atoms with Crippen LogP contribution in [-0.2, 0) is 6.18 Å². The number of rotatable bonds is 1. The van der Waals surface area contributed by atoms with Crippen molar-refractivity contribution in [3.05, 3.63) is 41.2 Å². The molecule has 21 heavy (non-hydrogen) atoms. The Morgan fingerprint density at radius 2 is 1.76 bits per heavy atom. The van der Waals surface area contributed by atoms with Crippen molar-refractivity contribution in [3.63, 3.8) is 0 Å². The number of dihydropyridines is 1. The van der Waals surface area contributed by atoms with Crippen molar-refractivity contribution in [2.75, 3.05) is 6.54 Å². The van der Waals surface area contributed by atoms with Crippen molar-refractivity contribution in [1.29, 1.82) is 0 Å². The topological polar surface area (TPSA) is 12.4 Å². The summed E-state index contributed by atoms with van der Waals surface area (Å²) in [5, 5.41) is 0. The van der Waals surface area contributed by atoms with Gasteiger partial charge in [0.1, 0.15) is 5.82 Å². The van der Waals surface area contributed by atoms with E-state index >= 15 is 0 Å². The first-order valence-corrected chi connectivity index (χ1v) is 6.72. The van der Waals surface area contributed by atoms with Crippen LogP contribution in [-0.4, -0.2) is 12.3 Å². The average molecular weight is 299 g/mol. The number of aliphatic imine (C=N–C) groups is 1. The van der Waals surface area contributed by atoms with E-state index in [2.05, 4.69) is 4.99 Å². The van der Waals surface area contributed by atoms with E-state index in [4.69, 9.17) is 0 Å². The molecule has 0 atom stereocenters. The molecular weight excluding hydrogens is 282 g/mol. The van der Waals surface area contributed by atoms with Crippen molar-refractivity contribution in [3.8, 4) is 0 Å². The van der Waals surface area contributed by atoms with Crippen LogP contribution in [0.25, 0.3) is 5.57 Å². The first-order valence-electron chi connectivity index (χ1n) is 6.72. The first kappa shape index (κ1) is 15.7. The lowest BCUT2D eigenvalue weighted by Gasteiger charge is -2.25. The second-order valence-corrected chi connectivity index (χ2v) is 6.10. The van der Waals surface area contributed by atoms with Crippen molar-refractivity contribution in [2.45, 2.75) is 33.4 Å². The molecule has 0 unspecified atom stereocenters. The lowest BCUT2D eigenvalue weighted by Crippen LogP contribution is -2.22. The first-order chi connectivity index (χ1) is 9.60. The summed E-state index contributed by atoms with van der Waals surface area (Å²) in [7, 11) is 0. The molecule has 2 rings (SSSR count). The van der Waals surface area contributed by atoms with Crippen LogP contribution in [0.4, 0.5) is 17.6 Å². The van der Waals surface area contributed by atoms with Gasteiger partial charge in [-0.1, -0.05) is 26.8 Å². The predicted octanol–water partition coefficient (Wildman–Crippen LogP) is 5.12. The fraction of sp³-hybridized carbons (Fsp3) is 0.438. The number of allylic oxidation sites excluding steroid dienone is 1. The van der Waals surface area contributed by atoms with Crippen LogP contribution < -0.4 is 0 Å². The van der Waals surface area contributed by atoms with Crippen LogP contribution in [0.5, 0.6) is 0 Å². The summed E-state index contributed by atoms with van der Waals surface area (Å²) in [4.78, 5) is 4.33. The van der Waals surface area contributed by atoms with Crippen LogP contribution in [0.15, 0.2) is 29.3 Å². The Balaban J connectivity index is 2.58. The molecule has 1 heterocycles. The number of nitrogens with zero attached hydrogens (tertiary/aromatic N) is 1. The number of hydrogen-bond donors (Lipinski definition) is 0. The maximum Gasteiger partial charge on any atom is 0.417 e. The van der Waals surface area contributed by atoms with Crippen LogP contribution in [0, 0.1) is 11.2 Å². The molecule has 0 N–H and O–H groups in total. The second kappa shape index (κ2) is 5.28. The molecule has 0 radical (unpaired) electrons. The van der Waals surface area contributed by atoms with Crippen molar-refractivity contribution in [2.24, 2.45) is 10.4 Å². The molecule has 0 spiro atoms. The number of halogens is 4. The normalized spacial score (nSPS) is 16.5. The number of benzene rings is 1. The highest BCUT2D eigenvalue weighted by Gasteiger charge is 2.36. The molecule has 1 aromatic rings. The van der Waals surface area contributed by atoms with Crippen LogP contribution in [0.3, 0.4) is 0 Å². The van der Waals surface area contributed by atoms with E-state index in [9.17, 15) is 17.6 Å². The fourth-order valence-electron chi connectivity index (χ4n) is 2.32. The second-order valence-electron chi connectivity index (χ2n) is 6.10. The molecule has 0 fully saturated rings. The van der Waals surface area contributed by atoms with E-state index < -0.39 is 17.6 Å². The van der Waals surface area contributed by atoms with Crippen molar-refractivity contribution in [1.82, 2.24) is 0 Å². The van der Waals surface area contributed by atoms with Gasteiger partial charge in [-0.25, -0.2) is 4.39 Å². The highest BCUT2D eigenvalue weighted by molar-refractivity contribution is 6.05. The Labute approximate surface area is 121 Å². The molecule has 0 aliphatic carbocycles. The highest BCUT2D eigenvalue weighted by Crippen LogP contribution is 2.38. The largest absolute Gasteiger partial charge is 0.417 e. The molecule has 1 aliphatic heterocycles. The summed E-state index contributed by atoms with van der Waals surface area (Å²) in [6.07, 6.45) is -2.67. The van der Waals surface area contributed by atoms with E-state index in [1.165, 1.54) is 0 Å². The van der Waals surface area contributed by atoms with Gasteiger partial charge in [0.25, 0.3) is 0 Å². The monoisotopic (exact) mass is 299 g/mol. The predicted molar refractivity (Wildman–Crippen MR) is 75.8 cm³/mol. The minimum Gasteiger partial charge on any atom is -0.289 e. The van der Waals surface area contributed by atoms with Gasteiger partial charge in [-0.2, -0.15) is 13.2 Å². The Kier molecular flexibility index (Phi) is 3.95. The molecule has 1 aromatic carbocycles. The van der Waals surface area contributed by atoms with E-state index in [0.717, 1.165) is 18.2 Å². The third-order valence-electron chi connectivity index (χ3n) is 3.38. The molecular formula is C16H17F4N. The molecule has 5 heteroatoms. The highest BCUT2D eigenvalue weighted by atomic mass is 19.4. The fourth-order valence-corrected chi connectivity index (χ4v) is 2.32. The molecule has 114 valence electrons. The minimum atomic E-state index is -4.57. The summed E-state index contributed by atoms with van der Waals surface area (Å²) >= 11 is 0. The summed E-state index contributed by atoms with van der Waals surface area (Å²) in [5.74, 6) is -0.841. The lowest BCUT2D eigenvalue weighted by atomic mass is 9.85. The van der Waals surface area contributed by atoms with Gasteiger partial charge < -0.3 is 0 Å². The SMILES string of the molecule is CC(C)(C)C1=NCCC(c2c(F)cccc2C(F)(F)F)=C1. The lowest BCUT2D eigenvalue weighted by molar-refractivity contribution is -0.138. The Hall–Kier alpha value is -1.65. The molecule has 0 amide bonds. The van der Waals surface area contributed by atoms with Gasteiger partial charge in [-0.3, -0.25) is 4.99 Å². The molecule has 0 aromatic heterocycles.